The average Bonchev–Trinajstić information content (AvgIpc) is 2.37. The second-order valence-corrected chi connectivity index (χ2v) is 5.63. The van der Waals surface area contributed by atoms with E-state index in [1.54, 1.807) is 0 Å². The van der Waals surface area contributed by atoms with E-state index in [1.807, 2.05) is 24.3 Å². The Balaban J connectivity index is 2.43. The highest BCUT2D eigenvalue weighted by atomic mass is 32.1. The standard InChI is InChI=1S/C14H7F3S2/c15-14(16,17)8-5-6-12-10(7-8)13(18)9-3-1-2-4-11(9)19-12/h1-7H. The van der Waals surface area contributed by atoms with Gasteiger partial charge in [0, 0.05) is 20.2 Å². The molecule has 0 bridgehead atoms. The minimum absolute atomic E-state index is 0.482. The van der Waals surface area contributed by atoms with E-state index in [2.05, 4.69) is 0 Å². The molecule has 0 N–H and O–H groups in total. The fourth-order valence-corrected chi connectivity index (χ4v) is 3.53. The van der Waals surface area contributed by atoms with Crippen LogP contribution in [0.2, 0.25) is 0 Å². The van der Waals surface area contributed by atoms with Crippen LogP contribution in [0.3, 0.4) is 0 Å². The molecule has 19 heavy (non-hydrogen) atoms. The number of hydrogen-bond acceptors (Lipinski definition) is 2. The third kappa shape index (κ3) is 2.13. The van der Waals surface area contributed by atoms with E-state index in [0.717, 1.165) is 26.9 Å². The molecule has 96 valence electrons. The molecule has 0 spiro atoms. The second kappa shape index (κ2) is 4.28. The van der Waals surface area contributed by atoms with E-state index < -0.39 is 11.7 Å². The average molecular weight is 296 g/mol. The van der Waals surface area contributed by atoms with Crippen LogP contribution >= 0.6 is 23.6 Å². The molecule has 0 nitrogen and oxygen atoms in total. The normalized spacial score (nSPS) is 12.2. The summed E-state index contributed by atoms with van der Waals surface area (Å²) >= 11 is 6.77. The minimum Gasteiger partial charge on any atom is -0.166 e. The summed E-state index contributed by atoms with van der Waals surface area (Å²) < 4.78 is 40.4. The first-order valence-corrected chi connectivity index (χ1v) is 6.72. The van der Waals surface area contributed by atoms with Crippen molar-refractivity contribution >= 4 is 43.7 Å². The number of benzene rings is 2. The first-order chi connectivity index (χ1) is 8.97. The topological polar surface area (TPSA) is 0 Å². The Kier molecular flexibility index (Phi) is 2.83. The predicted molar refractivity (Wildman–Crippen MR) is 75.2 cm³/mol. The lowest BCUT2D eigenvalue weighted by Gasteiger charge is -2.08. The van der Waals surface area contributed by atoms with Gasteiger partial charge in [-0.3, -0.25) is 0 Å². The summed E-state index contributed by atoms with van der Waals surface area (Å²) in [5.41, 5.74) is -0.659. The van der Waals surface area contributed by atoms with Crippen molar-refractivity contribution in [1.82, 2.24) is 0 Å². The van der Waals surface area contributed by atoms with Crippen LogP contribution in [0.15, 0.2) is 42.5 Å². The number of fused-ring (bicyclic) bond motifs is 2. The van der Waals surface area contributed by atoms with Crippen molar-refractivity contribution in [3.63, 3.8) is 0 Å². The Hall–Kier alpha value is -1.46. The molecule has 0 radical (unpaired) electrons. The lowest BCUT2D eigenvalue weighted by Crippen LogP contribution is -2.04. The SMILES string of the molecule is FC(F)(F)c1ccc2sc3ccccc3c(=S)c2c1. The molecule has 3 aromatic rings. The van der Waals surface area contributed by atoms with E-state index in [-0.39, 0.29) is 0 Å². The van der Waals surface area contributed by atoms with Gasteiger partial charge >= 0.3 is 6.18 Å². The van der Waals surface area contributed by atoms with Crippen molar-refractivity contribution in [2.75, 3.05) is 0 Å². The summed E-state index contributed by atoms with van der Waals surface area (Å²) in [6, 6.07) is 11.2. The molecular formula is C14H7F3S2. The van der Waals surface area contributed by atoms with E-state index >= 15 is 0 Å². The quantitative estimate of drug-likeness (QED) is 0.373. The molecule has 0 saturated heterocycles. The fraction of sp³-hybridized carbons (Fsp3) is 0.0714. The largest absolute Gasteiger partial charge is 0.416 e. The number of rotatable bonds is 0. The van der Waals surface area contributed by atoms with Gasteiger partial charge in [0.25, 0.3) is 0 Å². The van der Waals surface area contributed by atoms with Gasteiger partial charge in [-0.15, -0.1) is 11.3 Å². The van der Waals surface area contributed by atoms with Crippen LogP contribution in [0, 0.1) is 4.51 Å². The molecule has 0 unspecified atom stereocenters. The van der Waals surface area contributed by atoms with Crippen LogP contribution in [0.1, 0.15) is 5.56 Å². The van der Waals surface area contributed by atoms with Crippen LogP contribution in [0.5, 0.6) is 0 Å². The highest BCUT2D eigenvalue weighted by Crippen LogP contribution is 2.35. The number of halogens is 3. The van der Waals surface area contributed by atoms with Gasteiger partial charge in [0.15, 0.2) is 0 Å². The summed E-state index contributed by atoms with van der Waals surface area (Å²) in [7, 11) is 0. The maximum Gasteiger partial charge on any atom is 0.416 e. The van der Waals surface area contributed by atoms with Crippen LogP contribution < -0.4 is 0 Å². The van der Waals surface area contributed by atoms with Crippen molar-refractivity contribution in [3.05, 3.63) is 52.5 Å². The lowest BCUT2D eigenvalue weighted by atomic mass is 10.1. The molecule has 0 aliphatic carbocycles. The highest BCUT2D eigenvalue weighted by Gasteiger charge is 2.30. The van der Waals surface area contributed by atoms with Gasteiger partial charge in [-0.1, -0.05) is 30.4 Å². The molecular weight excluding hydrogens is 289 g/mol. The Morgan fingerprint density at radius 3 is 2.32 bits per heavy atom. The van der Waals surface area contributed by atoms with Crippen molar-refractivity contribution in [1.29, 1.82) is 0 Å². The smallest absolute Gasteiger partial charge is 0.166 e. The van der Waals surface area contributed by atoms with E-state index in [1.165, 1.54) is 17.4 Å². The second-order valence-electron chi connectivity index (χ2n) is 4.14. The zero-order valence-corrected chi connectivity index (χ0v) is 11.1. The molecule has 1 aromatic heterocycles. The summed E-state index contributed by atoms with van der Waals surface area (Å²) in [5, 5.41) is 1.32. The lowest BCUT2D eigenvalue weighted by molar-refractivity contribution is -0.137. The van der Waals surface area contributed by atoms with Gasteiger partial charge in [-0.2, -0.15) is 13.2 Å². The van der Waals surface area contributed by atoms with E-state index in [4.69, 9.17) is 12.2 Å². The number of alkyl halides is 3. The van der Waals surface area contributed by atoms with Gasteiger partial charge in [0.2, 0.25) is 0 Å². The van der Waals surface area contributed by atoms with Gasteiger partial charge in [-0.25, -0.2) is 0 Å². The van der Waals surface area contributed by atoms with Crippen LogP contribution in [-0.2, 0) is 6.18 Å². The Morgan fingerprint density at radius 2 is 1.58 bits per heavy atom. The maximum absolute atomic E-state index is 12.7. The van der Waals surface area contributed by atoms with E-state index in [9.17, 15) is 13.2 Å². The molecule has 0 atom stereocenters. The minimum atomic E-state index is -4.34. The van der Waals surface area contributed by atoms with Crippen LogP contribution in [0.4, 0.5) is 13.2 Å². The summed E-state index contributed by atoms with van der Waals surface area (Å²) in [5.74, 6) is 0. The van der Waals surface area contributed by atoms with E-state index in [0.29, 0.717) is 9.90 Å². The van der Waals surface area contributed by atoms with Crippen molar-refractivity contribution < 1.29 is 13.2 Å². The summed E-state index contributed by atoms with van der Waals surface area (Å²) in [6.45, 7) is 0. The van der Waals surface area contributed by atoms with Crippen LogP contribution in [-0.4, -0.2) is 0 Å². The van der Waals surface area contributed by atoms with Crippen LogP contribution in [0.25, 0.3) is 20.2 Å². The monoisotopic (exact) mass is 296 g/mol. The predicted octanol–water partition coefficient (Wildman–Crippen LogP) is 5.80. The molecule has 0 aliphatic heterocycles. The third-order valence-electron chi connectivity index (χ3n) is 2.90. The molecule has 1 heterocycles. The fourth-order valence-electron chi connectivity index (χ4n) is 1.98. The molecule has 0 fully saturated rings. The zero-order chi connectivity index (χ0) is 13.6. The zero-order valence-electron chi connectivity index (χ0n) is 9.49. The third-order valence-corrected chi connectivity index (χ3v) is 4.49. The van der Waals surface area contributed by atoms with Crippen molar-refractivity contribution in [2.24, 2.45) is 0 Å². The molecule has 0 saturated carbocycles. The van der Waals surface area contributed by atoms with Crippen molar-refractivity contribution in [3.8, 4) is 0 Å². The molecule has 5 heteroatoms. The van der Waals surface area contributed by atoms with Gasteiger partial charge < -0.3 is 0 Å². The Bertz CT molecular complexity index is 831. The molecule has 2 aromatic carbocycles. The first kappa shape index (κ1) is 12.6. The van der Waals surface area contributed by atoms with Crippen molar-refractivity contribution in [2.45, 2.75) is 6.18 Å². The van der Waals surface area contributed by atoms with Gasteiger partial charge in [0.1, 0.15) is 0 Å². The molecule has 0 amide bonds. The highest BCUT2D eigenvalue weighted by molar-refractivity contribution is 7.72. The molecule has 3 rings (SSSR count). The molecule has 0 aliphatic rings. The Labute approximate surface area is 116 Å². The number of hydrogen-bond donors (Lipinski definition) is 0. The summed E-state index contributed by atoms with van der Waals surface area (Å²) in [6.07, 6.45) is -4.34. The Morgan fingerprint density at radius 1 is 0.895 bits per heavy atom. The van der Waals surface area contributed by atoms with Gasteiger partial charge in [-0.05, 0) is 24.3 Å². The first-order valence-electron chi connectivity index (χ1n) is 5.49. The summed E-state index contributed by atoms with van der Waals surface area (Å²) in [4.78, 5) is 0. The maximum atomic E-state index is 12.7. The van der Waals surface area contributed by atoms with Gasteiger partial charge in [0.05, 0.1) is 10.1 Å².